The molecule has 0 fully saturated rings. The van der Waals surface area contributed by atoms with Crippen molar-refractivity contribution in [3.8, 4) is 0 Å². The minimum atomic E-state index is -0.512. The van der Waals surface area contributed by atoms with E-state index in [0.717, 1.165) is 0 Å². The van der Waals surface area contributed by atoms with E-state index in [4.69, 9.17) is 10.6 Å². The van der Waals surface area contributed by atoms with Crippen LogP contribution in [0.1, 0.15) is 20.8 Å². The van der Waals surface area contributed by atoms with Gasteiger partial charge in [-0.15, -0.1) is 0 Å². The van der Waals surface area contributed by atoms with E-state index in [9.17, 15) is 4.79 Å². The molecule has 66 valence electrons. The topological polar surface area (TPSA) is 64.3 Å². The Morgan fingerprint density at radius 2 is 2.09 bits per heavy atom. The summed E-state index contributed by atoms with van der Waals surface area (Å²) in [5.41, 5.74) is 7.51. The number of carbonyl (C=O) groups excluding carboxylic acids is 1. The van der Waals surface area contributed by atoms with Gasteiger partial charge >= 0.3 is 0 Å². The van der Waals surface area contributed by atoms with Gasteiger partial charge in [0, 0.05) is 0 Å². The third-order valence-corrected chi connectivity index (χ3v) is 1.00. The first-order valence-electron chi connectivity index (χ1n) is 3.71. The summed E-state index contributed by atoms with van der Waals surface area (Å²) in [5.74, 6) is 0.119. The summed E-state index contributed by atoms with van der Waals surface area (Å²) in [4.78, 5) is 15.6. The van der Waals surface area contributed by atoms with Crippen molar-refractivity contribution in [3.63, 3.8) is 0 Å². The largest absolute Gasteiger partial charge is 0.320 e. The second-order valence-corrected chi connectivity index (χ2v) is 2.96. The summed E-state index contributed by atoms with van der Waals surface area (Å²) in [6, 6.07) is -0.512. The molecule has 0 aliphatic heterocycles. The standard InChI is InChI=1S/C7H16N2O2/c1-5(2)4-11-9-7(10)6(3)8/h5-6H,4,8H2,1-3H3,(H,9,10)/t6-/m1/s1. The van der Waals surface area contributed by atoms with Gasteiger partial charge in [-0.1, -0.05) is 13.8 Å². The third-order valence-electron chi connectivity index (χ3n) is 1.00. The first-order valence-corrected chi connectivity index (χ1v) is 3.71. The molecule has 0 unspecified atom stereocenters. The monoisotopic (exact) mass is 160 g/mol. The molecule has 0 aliphatic rings. The molecule has 0 bridgehead atoms. The number of nitrogens with one attached hydrogen (secondary N) is 1. The van der Waals surface area contributed by atoms with E-state index in [-0.39, 0.29) is 5.91 Å². The van der Waals surface area contributed by atoms with Gasteiger partial charge in [-0.3, -0.25) is 9.63 Å². The molecule has 1 amide bonds. The van der Waals surface area contributed by atoms with Crippen LogP contribution in [0.5, 0.6) is 0 Å². The first-order chi connectivity index (χ1) is 5.04. The summed E-state index contributed by atoms with van der Waals surface area (Å²) in [5, 5.41) is 0. The van der Waals surface area contributed by atoms with E-state index in [1.807, 2.05) is 13.8 Å². The fraction of sp³-hybridized carbons (Fsp3) is 0.857. The predicted octanol–water partition coefficient (Wildman–Crippen LogP) is 0.0374. The molecule has 0 saturated heterocycles. The maximum absolute atomic E-state index is 10.8. The van der Waals surface area contributed by atoms with Crippen LogP contribution in [-0.4, -0.2) is 18.6 Å². The Morgan fingerprint density at radius 3 is 2.45 bits per heavy atom. The minimum Gasteiger partial charge on any atom is -0.320 e. The molecule has 0 aliphatic carbocycles. The average Bonchev–Trinajstić information content (AvgIpc) is 1.86. The summed E-state index contributed by atoms with van der Waals surface area (Å²) in [6.45, 7) is 6.11. The van der Waals surface area contributed by atoms with Crippen LogP contribution in [0.15, 0.2) is 0 Å². The number of amides is 1. The molecule has 0 radical (unpaired) electrons. The van der Waals surface area contributed by atoms with Crippen molar-refractivity contribution < 1.29 is 9.63 Å². The summed E-state index contributed by atoms with van der Waals surface area (Å²) in [6.07, 6.45) is 0. The van der Waals surface area contributed by atoms with Crippen LogP contribution in [0.4, 0.5) is 0 Å². The Balaban J connectivity index is 3.32. The Morgan fingerprint density at radius 1 is 1.55 bits per heavy atom. The molecule has 0 saturated carbocycles. The lowest BCUT2D eigenvalue weighted by atomic mass is 10.2. The molecule has 0 aromatic heterocycles. The zero-order valence-electron chi connectivity index (χ0n) is 7.26. The Kier molecular flexibility index (Phi) is 4.81. The van der Waals surface area contributed by atoms with Gasteiger partial charge in [0.15, 0.2) is 0 Å². The van der Waals surface area contributed by atoms with Crippen molar-refractivity contribution in [2.45, 2.75) is 26.8 Å². The maximum Gasteiger partial charge on any atom is 0.260 e. The average molecular weight is 160 g/mol. The third kappa shape index (κ3) is 5.82. The molecule has 11 heavy (non-hydrogen) atoms. The van der Waals surface area contributed by atoms with Gasteiger partial charge in [0.1, 0.15) is 0 Å². The smallest absolute Gasteiger partial charge is 0.260 e. The van der Waals surface area contributed by atoms with Gasteiger partial charge in [-0.2, -0.15) is 0 Å². The van der Waals surface area contributed by atoms with E-state index >= 15 is 0 Å². The number of hydrogen-bond acceptors (Lipinski definition) is 3. The Hall–Kier alpha value is -0.610. The highest BCUT2D eigenvalue weighted by atomic mass is 16.7. The number of carbonyl (C=O) groups is 1. The second-order valence-electron chi connectivity index (χ2n) is 2.96. The van der Waals surface area contributed by atoms with Gasteiger partial charge in [0.25, 0.3) is 5.91 Å². The van der Waals surface area contributed by atoms with E-state index in [2.05, 4.69) is 5.48 Å². The lowest BCUT2D eigenvalue weighted by Crippen LogP contribution is -2.38. The predicted molar refractivity (Wildman–Crippen MR) is 42.6 cm³/mol. The molecular weight excluding hydrogens is 144 g/mol. The number of rotatable bonds is 4. The summed E-state index contributed by atoms with van der Waals surface area (Å²) in [7, 11) is 0. The molecule has 4 nitrogen and oxygen atoms in total. The van der Waals surface area contributed by atoms with Gasteiger partial charge < -0.3 is 5.73 Å². The van der Waals surface area contributed by atoms with E-state index in [0.29, 0.717) is 12.5 Å². The van der Waals surface area contributed by atoms with Crippen LogP contribution in [0.3, 0.4) is 0 Å². The van der Waals surface area contributed by atoms with E-state index in [1.54, 1.807) is 6.92 Å². The second kappa shape index (κ2) is 5.09. The van der Waals surface area contributed by atoms with Gasteiger partial charge in [-0.05, 0) is 12.8 Å². The molecule has 0 heterocycles. The van der Waals surface area contributed by atoms with Crippen molar-refractivity contribution in [1.29, 1.82) is 0 Å². The number of hydrogen-bond donors (Lipinski definition) is 2. The molecule has 0 aromatic rings. The van der Waals surface area contributed by atoms with Crippen molar-refractivity contribution in [2.75, 3.05) is 6.61 Å². The minimum absolute atomic E-state index is 0.286. The molecular formula is C7H16N2O2. The van der Waals surface area contributed by atoms with Crippen LogP contribution < -0.4 is 11.2 Å². The van der Waals surface area contributed by atoms with Crippen LogP contribution in [0.2, 0.25) is 0 Å². The molecule has 4 heteroatoms. The van der Waals surface area contributed by atoms with E-state index < -0.39 is 6.04 Å². The lowest BCUT2D eigenvalue weighted by molar-refractivity contribution is -0.135. The maximum atomic E-state index is 10.8. The van der Waals surface area contributed by atoms with E-state index in [1.165, 1.54) is 0 Å². The quantitative estimate of drug-likeness (QED) is 0.570. The zero-order chi connectivity index (χ0) is 8.85. The molecule has 1 atom stereocenters. The molecule has 0 rings (SSSR count). The van der Waals surface area contributed by atoms with Crippen LogP contribution >= 0.6 is 0 Å². The Bertz CT molecular complexity index is 124. The summed E-state index contributed by atoms with van der Waals surface area (Å²) >= 11 is 0. The highest BCUT2D eigenvalue weighted by Crippen LogP contribution is 1.89. The van der Waals surface area contributed by atoms with Gasteiger partial charge in [0.2, 0.25) is 0 Å². The normalized spacial score (nSPS) is 13.2. The first kappa shape index (κ1) is 10.4. The fourth-order valence-electron chi connectivity index (χ4n) is 0.372. The number of hydroxylamine groups is 1. The van der Waals surface area contributed by atoms with Gasteiger partial charge in [0.05, 0.1) is 12.6 Å². The summed E-state index contributed by atoms with van der Waals surface area (Å²) < 4.78 is 0. The molecule has 0 spiro atoms. The van der Waals surface area contributed by atoms with Crippen molar-refractivity contribution in [2.24, 2.45) is 11.7 Å². The fourth-order valence-corrected chi connectivity index (χ4v) is 0.372. The zero-order valence-corrected chi connectivity index (χ0v) is 7.26. The van der Waals surface area contributed by atoms with Crippen molar-refractivity contribution >= 4 is 5.91 Å². The van der Waals surface area contributed by atoms with Crippen LogP contribution in [-0.2, 0) is 9.63 Å². The molecule has 3 N–H and O–H groups in total. The van der Waals surface area contributed by atoms with Crippen LogP contribution in [0.25, 0.3) is 0 Å². The lowest BCUT2D eigenvalue weighted by Gasteiger charge is -2.08. The van der Waals surface area contributed by atoms with Gasteiger partial charge in [-0.25, -0.2) is 5.48 Å². The number of nitrogens with two attached hydrogens (primary N) is 1. The Labute approximate surface area is 67.0 Å². The highest BCUT2D eigenvalue weighted by molar-refractivity contribution is 5.79. The van der Waals surface area contributed by atoms with Crippen molar-refractivity contribution in [3.05, 3.63) is 0 Å². The SMILES string of the molecule is CC(C)CONC(=O)[C@@H](C)N. The highest BCUT2D eigenvalue weighted by Gasteiger charge is 2.06. The molecule has 0 aromatic carbocycles. The van der Waals surface area contributed by atoms with Crippen LogP contribution in [0, 0.1) is 5.92 Å². The van der Waals surface area contributed by atoms with Crippen molar-refractivity contribution in [1.82, 2.24) is 5.48 Å².